The Morgan fingerprint density at radius 3 is 2.38 bits per heavy atom. The molecule has 0 bridgehead atoms. The lowest BCUT2D eigenvalue weighted by Gasteiger charge is -2.04. The van der Waals surface area contributed by atoms with Crippen molar-refractivity contribution in [2.75, 3.05) is 12.4 Å². The molecule has 0 atom stereocenters. The average Bonchev–Trinajstić information content (AvgIpc) is 2.30. The number of rotatable bonds is 8. The molecule has 0 spiro atoms. The number of benzene rings is 1. The first-order valence-corrected chi connectivity index (χ1v) is 6.77. The van der Waals surface area contributed by atoms with Gasteiger partial charge in [-0.2, -0.15) is 12.6 Å². The maximum Gasteiger partial charge on any atom is 0.0716 e. The first-order chi connectivity index (χ1) is 7.83. The molecular formula is C13H19ClOS. The molecule has 0 heterocycles. The van der Waals surface area contributed by atoms with Gasteiger partial charge in [0.05, 0.1) is 6.61 Å². The predicted molar refractivity (Wildman–Crippen MR) is 73.4 cm³/mol. The Morgan fingerprint density at radius 1 is 1.00 bits per heavy atom. The summed E-state index contributed by atoms with van der Waals surface area (Å²) in [5, 5.41) is 0.774. The zero-order chi connectivity index (χ0) is 11.6. The van der Waals surface area contributed by atoms with Crippen LogP contribution in [0.2, 0.25) is 5.02 Å². The molecule has 3 heteroatoms. The number of halogens is 1. The molecule has 0 aromatic heterocycles. The summed E-state index contributed by atoms with van der Waals surface area (Å²) in [7, 11) is 0. The smallest absolute Gasteiger partial charge is 0.0716 e. The largest absolute Gasteiger partial charge is 0.377 e. The fraction of sp³-hybridized carbons (Fsp3) is 0.538. The highest BCUT2D eigenvalue weighted by molar-refractivity contribution is 7.80. The van der Waals surface area contributed by atoms with Crippen LogP contribution < -0.4 is 0 Å². The number of unbranched alkanes of at least 4 members (excludes halogenated alkanes) is 3. The molecule has 0 saturated heterocycles. The standard InChI is InChI=1S/C13H19ClOS/c14-13-7-5-12(6-8-13)11-15-9-3-1-2-4-10-16/h5-8,16H,1-4,9-11H2. The summed E-state index contributed by atoms with van der Waals surface area (Å²) in [6, 6.07) is 7.80. The lowest BCUT2D eigenvalue weighted by molar-refractivity contribution is 0.117. The highest BCUT2D eigenvalue weighted by Gasteiger charge is 1.94. The van der Waals surface area contributed by atoms with Gasteiger partial charge in [-0.15, -0.1) is 0 Å². The SMILES string of the molecule is SCCCCCCOCc1ccc(Cl)cc1. The predicted octanol–water partition coefficient (Wildman–Crippen LogP) is 4.35. The molecule has 0 N–H and O–H groups in total. The zero-order valence-electron chi connectivity index (χ0n) is 9.49. The summed E-state index contributed by atoms with van der Waals surface area (Å²) in [6.07, 6.45) is 4.84. The Hall–Kier alpha value is -0.180. The minimum atomic E-state index is 0.684. The van der Waals surface area contributed by atoms with Gasteiger partial charge in [-0.25, -0.2) is 0 Å². The van der Waals surface area contributed by atoms with Gasteiger partial charge in [-0.05, 0) is 36.3 Å². The summed E-state index contributed by atoms with van der Waals surface area (Å²) in [4.78, 5) is 0. The van der Waals surface area contributed by atoms with Crippen LogP contribution in [0.3, 0.4) is 0 Å². The first kappa shape index (κ1) is 13.9. The Kier molecular flexibility index (Phi) is 7.73. The molecule has 1 nitrogen and oxygen atoms in total. The van der Waals surface area contributed by atoms with Crippen LogP contribution >= 0.6 is 24.2 Å². The minimum Gasteiger partial charge on any atom is -0.377 e. The lowest BCUT2D eigenvalue weighted by atomic mass is 10.2. The van der Waals surface area contributed by atoms with Gasteiger partial charge >= 0.3 is 0 Å². The van der Waals surface area contributed by atoms with Gasteiger partial charge in [0, 0.05) is 11.6 Å². The normalized spacial score (nSPS) is 10.6. The molecule has 16 heavy (non-hydrogen) atoms. The Balaban J connectivity index is 2.01. The van der Waals surface area contributed by atoms with Crippen molar-refractivity contribution in [3.05, 3.63) is 34.9 Å². The fourth-order valence-electron chi connectivity index (χ4n) is 1.44. The van der Waals surface area contributed by atoms with Crippen molar-refractivity contribution < 1.29 is 4.74 Å². The van der Waals surface area contributed by atoms with Crippen LogP contribution in [0.15, 0.2) is 24.3 Å². The van der Waals surface area contributed by atoms with E-state index in [9.17, 15) is 0 Å². The quantitative estimate of drug-likeness (QED) is 0.539. The summed E-state index contributed by atoms with van der Waals surface area (Å²) >= 11 is 9.97. The summed E-state index contributed by atoms with van der Waals surface area (Å²) in [5.74, 6) is 0.992. The van der Waals surface area contributed by atoms with Crippen LogP contribution in [-0.4, -0.2) is 12.4 Å². The highest BCUT2D eigenvalue weighted by atomic mass is 35.5. The number of hydrogen-bond acceptors (Lipinski definition) is 2. The van der Waals surface area contributed by atoms with E-state index >= 15 is 0 Å². The van der Waals surface area contributed by atoms with E-state index in [1.54, 1.807) is 0 Å². The monoisotopic (exact) mass is 258 g/mol. The van der Waals surface area contributed by atoms with Crippen molar-refractivity contribution in [2.45, 2.75) is 32.3 Å². The topological polar surface area (TPSA) is 9.23 Å². The van der Waals surface area contributed by atoms with Crippen molar-refractivity contribution in [1.82, 2.24) is 0 Å². The van der Waals surface area contributed by atoms with E-state index in [1.165, 1.54) is 24.8 Å². The Labute approximate surface area is 109 Å². The summed E-state index contributed by atoms with van der Waals surface area (Å²) < 4.78 is 5.58. The van der Waals surface area contributed by atoms with Gasteiger partial charge in [0.25, 0.3) is 0 Å². The van der Waals surface area contributed by atoms with Crippen molar-refractivity contribution in [3.8, 4) is 0 Å². The molecule has 0 aliphatic heterocycles. The van der Waals surface area contributed by atoms with E-state index in [0.29, 0.717) is 6.61 Å². The third-order valence-corrected chi connectivity index (χ3v) is 2.95. The first-order valence-electron chi connectivity index (χ1n) is 5.76. The van der Waals surface area contributed by atoms with Crippen LogP contribution in [-0.2, 0) is 11.3 Å². The van der Waals surface area contributed by atoms with Crippen LogP contribution in [0.25, 0.3) is 0 Å². The van der Waals surface area contributed by atoms with Crippen LogP contribution in [0.5, 0.6) is 0 Å². The Morgan fingerprint density at radius 2 is 1.69 bits per heavy atom. The number of ether oxygens (including phenoxy) is 1. The van der Waals surface area contributed by atoms with Crippen LogP contribution in [0.4, 0.5) is 0 Å². The van der Waals surface area contributed by atoms with E-state index < -0.39 is 0 Å². The molecule has 1 aromatic carbocycles. The highest BCUT2D eigenvalue weighted by Crippen LogP contribution is 2.10. The zero-order valence-corrected chi connectivity index (χ0v) is 11.1. The van der Waals surface area contributed by atoms with E-state index in [0.717, 1.165) is 23.8 Å². The maximum absolute atomic E-state index is 5.80. The van der Waals surface area contributed by atoms with Gasteiger partial charge < -0.3 is 4.74 Å². The molecule has 0 radical (unpaired) electrons. The van der Waals surface area contributed by atoms with E-state index in [2.05, 4.69) is 12.6 Å². The Bertz CT molecular complexity index is 274. The third-order valence-electron chi connectivity index (χ3n) is 2.38. The molecule has 0 saturated carbocycles. The second-order valence-corrected chi connectivity index (χ2v) is 4.70. The van der Waals surface area contributed by atoms with Crippen LogP contribution in [0, 0.1) is 0 Å². The number of hydrogen-bond donors (Lipinski definition) is 1. The van der Waals surface area contributed by atoms with Crippen molar-refractivity contribution in [1.29, 1.82) is 0 Å². The van der Waals surface area contributed by atoms with Crippen molar-refractivity contribution >= 4 is 24.2 Å². The molecule has 0 fully saturated rings. The van der Waals surface area contributed by atoms with E-state index in [-0.39, 0.29) is 0 Å². The molecule has 1 rings (SSSR count). The summed E-state index contributed by atoms with van der Waals surface area (Å²) in [6.45, 7) is 1.53. The van der Waals surface area contributed by atoms with Crippen molar-refractivity contribution in [2.24, 2.45) is 0 Å². The average molecular weight is 259 g/mol. The number of thiol groups is 1. The minimum absolute atomic E-state index is 0.684. The van der Waals surface area contributed by atoms with Gasteiger partial charge in [-0.3, -0.25) is 0 Å². The van der Waals surface area contributed by atoms with Gasteiger partial charge in [0.15, 0.2) is 0 Å². The second kappa shape index (κ2) is 8.91. The van der Waals surface area contributed by atoms with Gasteiger partial charge in [0.1, 0.15) is 0 Å². The van der Waals surface area contributed by atoms with Gasteiger partial charge in [0.2, 0.25) is 0 Å². The molecule has 0 amide bonds. The molecule has 1 aromatic rings. The second-order valence-electron chi connectivity index (χ2n) is 3.82. The maximum atomic E-state index is 5.80. The molecular weight excluding hydrogens is 240 g/mol. The molecule has 90 valence electrons. The fourth-order valence-corrected chi connectivity index (χ4v) is 1.79. The van der Waals surface area contributed by atoms with Gasteiger partial charge in [-0.1, -0.05) is 36.6 Å². The third kappa shape index (κ3) is 6.41. The molecule has 0 aliphatic carbocycles. The van der Waals surface area contributed by atoms with E-state index in [1.807, 2.05) is 24.3 Å². The summed E-state index contributed by atoms with van der Waals surface area (Å²) in [5.41, 5.74) is 1.18. The molecule has 0 unspecified atom stereocenters. The van der Waals surface area contributed by atoms with E-state index in [4.69, 9.17) is 16.3 Å². The molecule has 0 aliphatic rings. The van der Waals surface area contributed by atoms with Crippen LogP contribution in [0.1, 0.15) is 31.2 Å². The van der Waals surface area contributed by atoms with Crippen molar-refractivity contribution in [3.63, 3.8) is 0 Å². The lowest BCUT2D eigenvalue weighted by Crippen LogP contribution is -1.95.